The third kappa shape index (κ3) is 6.17. The highest BCUT2D eigenvalue weighted by Crippen LogP contribution is 2.28. The van der Waals surface area contributed by atoms with Gasteiger partial charge in [-0.2, -0.15) is 0 Å². The number of likely N-dealkylation sites (tertiary alicyclic amines) is 1. The van der Waals surface area contributed by atoms with Crippen LogP contribution in [0.1, 0.15) is 32.3 Å². The molecule has 1 heterocycles. The molecule has 1 saturated heterocycles. The molecule has 0 saturated carbocycles. The van der Waals surface area contributed by atoms with Gasteiger partial charge in [0.25, 0.3) is 0 Å². The molecule has 1 N–H and O–H groups in total. The minimum atomic E-state index is 0.547. The van der Waals surface area contributed by atoms with E-state index >= 15 is 0 Å². The second-order valence-corrected chi connectivity index (χ2v) is 6.57. The Labute approximate surface area is 146 Å². The van der Waals surface area contributed by atoms with Crippen LogP contribution >= 0.6 is 0 Å². The summed E-state index contributed by atoms with van der Waals surface area (Å²) in [4.78, 5) is 1.68. The Morgan fingerprint density at radius 2 is 2.08 bits per heavy atom. The number of benzene rings is 1. The second kappa shape index (κ2) is 10.4. The van der Waals surface area contributed by atoms with E-state index in [1.54, 1.807) is 12.0 Å². The number of hydrogen-bond acceptors (Lipinski definition) is 3. The largest absolute Gasteiger partial charge is 0.493 e. The lowest BCUT2D eigenvalue weighted by atomic mass is 10.0. The molecule has 2 rings (SSSR count). The van der Waals surface area contributed by atoms with Crippen LogP contribution in [-0.2, 0) is 4.74 Å². The molecule has 0 amide bonds. The van der Waals surface area contributed by atoms with Crippen LogP contribution in [0.5, 0.6) is 11.5 Å². The molecule has 0 radical (unpaired) electrons. The van der Waals surface area contributed by atoms with Gasteiger partial charge in [0, 0.05) is 5.92 Å². The first kappa shape index (κ1) is 18.8. The molecule has 1 aromatic rings. The predicted octanol–water partition coefficient (Wildman–Crippen LogP) is 2.44. The Hall–Kier alpha value is -1.52. The smallest absolute Gasteiger partial charge is 0.161 e. The molecule has 0 aliphatic carbocycles. The molecule has 1 fully saturated rings. The minimum Gasteiger partial charge on any atom is -0.493 e. The van der Waals surface area contributed by atoms with Crippen molar-refractivity contribution >= 4 is 6.08 Å². The van der Waals surface area contributed by atoms with E-state index < -0.39 is 0 Å². The Kier molecular flexibility index (Phi) is 8.13. The molecule has 1 unspecified atom stereocenters. The highest BCUT2D eigenvalue weighted by atomic mass is 16.5. The molecule has 1 aliphatic rings. The maximum absolute atomic E-state index is 5.79. The fourth-order valence-electron chi connectivity index (χ4n) is 3.25. The maximum atomic E-state index is 5.79. The van der Waals surface area contributed by atoms with Crippen molar-refractivity contribution in [1.29, 1.82) is 0 Å². The first-order valence-corrected chi connectivity index (χ1v) is 9.07. The van der Waals surface area contributed by atoms with Gasteiger partial charge in [-0.3, -0.25) is 0 Å². The molecule has 1 aromatic carbocycles. The number of piperidine rings is 1. The summed E-state index contributed by atoms with van der Waals surface area (Å²) >= 11 is 0. The van der Waals surface area contributed by atoms with Crippen molar-refractivity contribution < 1.29 is 19.1 Å². The van der Waals surface area contributed by atoms with Crippen molar-refractivity contribution in [3.63, 3.8) is 0 Å². The van der Waals surface area contributed by atoms with Gasteiger partial charge in [-0.15, -0.1) is 0 Å². The molecule has 2 atom stereocenters. The van der Waals surface area contributed by atoms with E-state index in [0.29, 0.717) is 13.2 Å². The van der Waals surface area contributed by atoms with Gasteiger partial charge in [-0.1, -0.05) is 25.1 Å². The van der Waals surface area contributed by atoms with E-state index in [0.717, 1.165) is 36.1 Å². The van der Waals surface area contributed by atoms with E-state index in [4.69, 9.17) is 14.2 Å². The first-order chi connectivity index (χ1) is 11.7. The van der Waals surface area contributed by atoms with Crippen molar-refractivity contribution in [2.75, 3.05) is 46.6 Å². The Balaban J connectivity index is 1.65. The summed E-state index contributed by atoms with van der Waals surface area (Å²) in [6, 6.07) is 5.96. The van der Waals surface area contributed by atoms with Gasteiger partial charge in [-0.25, -0.2) is 0 Å². The molecular weight excluding hydrogens is 302 g/mol. The fraction of sp³-hybridized carbons (Fsp3) is 0.600. The van der Waals surface area contributed by atoms with E-state index in [1.165, 1.54) is 25.9 Å². The van der Waals surface area contributed by atoms with Crippen LogP contribution in [0.2, 0.25) is 0 Å². The summed E-state index contributed by atoms with van der Waals surface area (Å²) in [7, 11) is 1.67. The summed E-state index contributed by atoms with van der Waals surface area (Å²) in [6.45, 7) is 10.0. The van der Waals surface area contributed by atoms with Crippen molar-refractivity contribution in [1.82, 2.24) is 0 Å². The van der Waals surface area contributed by atoms with Crippen molar-refractivity contribution in [3.05, 3.63) is 29.8 Å². The van der Waals surface area contributed by atoms with Crippen LogP contribution in [-0.4, -0.2) is 46.6 Å². The van der Waals surface area contributed by atoms with Crippen molar-refractivity contribution in [2.24, 2.45) is 5.92 Å². The predicted molar refractivity (Wildman–Crippen MR) is 98.0 cm³/mol. The topological polar surface area (TPSA) is 32.1 Å². The Morgan fingerprint density at radius 1 is 1.21 bits per heavy atom. The van der Waals surface area contributed by atoms with E-state index in [1.807, 2.05) is 37.3 Å². The fourth-order valence-corrected chi connectivity index (χ4v) is 3.25. The summed E-state index contributed by atoms with van der Waals surface area (Å²) in [5.74, 6) is 2.39. The Morgan fingerprint density at radius 3 is 2.83 bits per heavy atom. The molecule has 24 heavy (non-hydrogen) atoms. The van der Waals surface area contributed by atoms with E-state index in [-0.39, 0.29) is 0 Å². The molecule has 0 spiro atoms. The molecule has 1 aliphatic heterocycles. The Bertz CT molecular complexity index is 516. The lowest BCUT2D eigenvalue weighted by molar-refractivity contribution is -0.908. The summed E-state index contributed by atoms with van der Waals surface area (Å²) in [6.07, 6.45) is 6.78. The zero-order chi connectivity index (χ0) is 17.2. The zero-order valence-corrected chi connectivity index (χ0v) is 15.3. The van der Waals surface area contributed by atoms with Gasteiger partial charge in [0.1, 0.15) is 13.2 Å². The third-order valence-corrected chi connectivity index (χ3v) is 4.50. The molecule has 4 nitrogen and oxygen atoms in total. The highest BCUT2D eigenvalue weighted by molar-refractivity contribution is 5.55. The average molecular weight is 334 g/mol. The SMILES string of the molecule is C/C=C/c1ccc(OCCOCC[NH+]2CCC[C@H](C)C2)c(OC)c1. The molecule has 0 aromatic heterocycles. The van der Waals surface area contributed by atoms with Crippen LogP contribution in [0.3, 0.4) is 0 Å². The number of allylic oxidation sites excluding steroid dienone is 1. The van der Waals surface area contributed by atoms with Crippen LogP contribution < -0.4 is 14.4 Å². The summed E-state index contributed by atoms with van der Waals surface area (Å²) in [5, 5.41) is 0. The van der Waals surface area contributed by atoms with Crippen molar-refractivity contribution in [2.45, 2.75) is 26.7 Å². The normalized spacial score (nSPS) is 21.1. The van der Waals surface area contributed by atoms with E-state index in [9.17, 15) is 0 Å². The molecular formula is C20H32NO3+. The lowest BCUT2D eigenvalue weighted by Crippen LogP contribution is -3.14. The van der Waals surface area contributed by atoms with Crippen LogP contribution in [0.15, 0.2) is 24.3 Å². The van der Waals surface area contributed by atoms with Crippen LogP contribution in [0, 0.1) is 5.92 Å². The van der Waals surface area contributed by atoms with Gasteiger partial charge in [-0.05, 0) is 37.5 Å². The van der Waals surface area contributed by atoms with Crippen LogP contribution in [0.4, 0.5) is 0 Å². The number of hydrogen-bond donors (Lipinski definition) is 1. The summed E-state index contributed by atoms with van der Waals surface area (Å²) < 4.78 is 16.9. The average Bonchev–Trinajstić information content (AvgIpc) is 2.59. The standard InChI is InChI=1S/C20H31NO3/c1-4-6-18-8-9-19(20(15-18)22-3)24-14-13-23-12-11-21-10-5-7-17(2)16-21/h4,6,8-9,15,17H,5,7,10-14,16H2,1-3H3/p+1/b6-4+/t17-/m0/s1. The van der Waals surface area contributed by atoms with Crippen LogP contribution in [0.25, 0.3) is 6.08 Å². The third-order valence-electron chi connectivity index (χ3n) is 4.50. The van der Waals surface area contributed by atoms with Gasteiger partial charge in [0.2, 0.25) is 0 Å². The first-order valence-electron chi connectivity index (χ1n) is 9.07. The quantitative estimate of drug-likeness (QED) is 0.704. The molecule has 0 bridgehead atoms. The number of rotatable bonds is 9. The van der Waals surface area contributed by atoms with Gasteiger partial charge in [0.15, 0.2) is 11.5 Å². The minimum absolute atomic E-state index is 0.547. The van der Waals surface area contributed by atoms with Gasteiger partial charge >= 0.3 is 0 Å². The van der Waals surface area contributed by atoms with Gasteiger partial charge < -0.3 is 19.1 Å². The molecule has 4 heteroatoms. The number of methoxy groups -OCH3 is 1. The van der Waals surface area contributed by atoms with Crippen molar-refractivity contribution in [3.8, 4) is 11.5 Å². The highest BCUT2D eigenvalue weighted by Gasteiger charge is 2.18. The number of nitrogens with one attached hydrogen (secondary N) is 1. The number of quaternary nitrogens is 1. The summed E-state index contributed by atoms with van der Waals surface area (Å²) in [5.41, 5.74) is 1.11. The lowest BCUT2D eigenvalue weighted by Gasteiger charge is -2.27. The number of ether oxygens (including phenoxy) is 3. The van der Waals surface area contributed by atoms with E-state index in [2.05, 4.69) is 6.92 Å². The monoisotopic (exact) mass is 334 g/mol. The maximum Gasteiger partial charge on any atom is 0.161 e. The van der Waals surface area contributed by atoms with Gasteiger partial charge in [0.05, 0.1) is 33.4 Å². The zero-order valence-electron chi connectivity index (χ0n) is 15.3. The second-order valence-electron chi connectivity index (χ2n) is 6.57. The molecule has 134 valence electrons.